The second-order valence-electron chi connectivity index (χ2n) is 26.0. The summed E-state index contributed by atoms with van der Waals surface area (Å²) in [6.45, 7) is 40.3. The standard InChI is InChI=1S/C30H50.C17H34O2.C16H34.C14H28O2/c1-25(2)15-11-19-29(7)23-13-21-27(5)17-9-10-18-28(6)22-14-24-30(8)20-12-16-26(3)4;1-4-5-6-7-8-9-10-11-12-13-14-15-17(18)19-16(2)3;1-6-9-15(4)12-8-13-16(5)11-7-10-14(2)3;1-3-5-6-7-8-9-10-11-12-13-14(15)16-4-2/h15-18,23-24H,9-14,19-22H2,1-8H3;16H,4-15H2,1-3H3;14-16H,6-13H2,1-5H3;3-13H2,1-2H3/b27-17+,28-18+,29-23+,30-24+;;;. The Bertz CT molecular complexity index is 1480. The molecule has 0 aromatic carbocycles. The van der Waals surface area contributed by atoms with Crippen LogP contribution in [0.4, 0.5) is 0 Å². The number of ether oxygens (including phenoxy) is 2. The third kappa shape index (κ3) is 79.5. The van der Waals surface area contributed by atoms with E-state index in [-0.39, 0.29) is 18.0 Å². The summed E-state index contributed by atoms with van der Waals surface area (Å²) in [7, 11) is 0. The second-order valence-corrected chi connectivity index (χ2v) is 26.0. The fraction of sp³-hybridized carbons (Fsp3) is 0.818. The highest BCUT2D eigenvalue weighted by Crippen LogP contribution is 2.22. The Hall–Kier alpha value is -2.62. The van der Waals surface area contributed by atoms with Crippen LogP contribution in [0.2, 0.25) is 0 Å². The highest BCUT2D eigenvalue weighted by atomic mass is 16.5. The van der Waals surface area contributed by atoms with Crippen molar-refractivity contribution in [2.24, 2.45) is 17.8 Å². The van der Waals surface area contributed by atoms with E-state index in [0.717, 1.165) is 30.6 Å². The van der Waals surface area contributed by atoms with Gasteiger partial charge in [0.1, 0.15) is 0 Å². The van der Waals surface area contributed by atoms with E-state index in [1.165, 1.54) is 265 Å². The maximum Gasteiger partial charge on any atom is 0.306 e. The maximum atomic E-state index is 11.3. The minimum absolute atomic E-state index is 0.0280. The predicted octanol–water partition coefficient (Wildman–Crippen LogP) is 26.8. The number of carbonyl (C=O) groups excluding carboxylic acids is 2. The Morgan fingerprint density at radius 1 is 0.321 bits per heavy atom. The van der Waals surface area contributed by atoms with Gasteiger partial charge in [0.05, 0.1) is 12.7 Å². The van der Waals surface area contributed by atoms with E-state index in [4.69, 9.17) is 9.47 Å². The van der Waals surface area contributed by atoms with Crippen molar-refractivity contribution in [3.63, 3.8) is 0 Å². The second kappa shape index (κ2) is 66.5. The Kier molecular flexibility index (Phi) is 69.7. The van der Waals surface area contributed by atoms with Gasteiger partial charge < -0.3 is 9.47 Å². The Labute approximate surface area is 510 Å². The first kappa shape index (κ1) is 84.8. The van der Waals surface area contributed by atoms with Crippen LogP contribution in [0.1, 0.15) is 381 Å². The molecule has 0 aliphatic rings. The average Bonchev–Trinajstić information content (AvgIpc) is 3.39. The molecule has 0 aliphatic heterocycles. The van der Waals surface area contributed by atoms with Crippen LogP contribution < -0.4 is 0 Å². The lowest BCUT2D eigenvalue weighted by Gasteiger charge is -2.14. The minimum atomic E-state index is -0.0366. The number of carbonyl (C=O) groups is 2. The Morgan fingerprint density at radius 2 is 0.630 bits per heavy atom. The third-order valence-electron chi connectivity index (χ3n) is 15.2. The van der Waals surface area contributed by atoms with Crippen LogP contribution in [0.15, 0.2) is 69.9 Å². The molecule has 0 rings (SSSR count). The van der Waals surface area contributed by atoms with E-state index in [2.05, 4.69) is 140 Å². The molecule has 0 N–H and O–H groups in total. The van der Waals surface area contributed by atoms with Crippen molar-refractivity contribution in [2.75, 3.05) is 6.61 Å². The molecule has 0 heterocycles. The topological polar surface area (TPSA) is 52.6 Å². The lowest BCUT2D eigenvalue weighted by Crippen LogP contribution is -2.10. The van der Waals surface area contributed by atoms with Crippen molar-refractivity contribution >= 4 is 11.9 Å². The molecule has 2 unspecified atom stereocenters. The molecule has 0 radical (unpaired) electrons. The highest BCUT2D eigenvalue weighted by Gasteiger charge is 2.07. The zero-order chi connectivity index (χ0) is 61.6. The number of hydrogen-bond acceptors (Lipinski definition) is 4. The Balaban J connectivity index is -0.000000508. The number of hydrogen-bond donors (Lipinski definition) is 0. The van der Waals surface area contributed by atoms with Gasteiger partial charge in [-0.2, -0.15) is 0 Å². The van der Waals surface area contributed by atoms with Gasteiger partial charge in [-0.3, -0.25) is 9.59 Å². The summed E-state index contributed by atoms with van der Waals surface area (Å²) in [4.78, 5) is 22.3. The molecular weight excluding hydrogens is 989 g/mol. The molecule has 4 heteroatoms. The first-order chi connectivity index (χ1) is 38.7. The van der Waals surface area contributed by atoms with E-state index in [1.807, 2.05) is 20.8 Å². The predicted molar refractivity (Wildman–Crippen MR) is 367 cm³/mol. The summed E-state index contributed by atoms with van der Waals surface area (Å²) < 4.78 is 9.98. The average molecular weight is 1140 g/mol. The van der Waals surface area contributed by atoms with Gasteiger partial charge in [-0.25, -0.2) is 0 Å². The molecule has 81 heavy (non-hydrogen) atoms. The van der Waals surface area contributed by atoms with Gasteiger partial charge in [0.2, 0.25) is 0 Å². The fourth-order valence-corrected chi connectivity index (χ4v) is 9.88. The number of unbranched alkanes of at least 4 members (excludes halogenated alkanes) is 19. The number of rotatable bonds is 49. The van der Waals surface area contributed by atoms with Gasteiger partial charge in [0, 0.05) is 12.8 Å². The van der Waals surface area contributed by atoms with Crippen molar-refractivity contribution in [3.05, 3.63) is 69.9 Å². The molecule has 0 aromatic rings. The van der Waals surface area contributed by atoms with E-state index in [1.54, 1.807) is 0 Å². The number of allylic oxidation sites excluding steroid dienone is 12. The molecule has 0 aromatic heterocycles. The molecule has 0 spiro atoms. The van der Waals surface area contributed by atoms with Crippen LogP contribution in [-0.4, -0.2) is 24.6 Å². The van der Waals surface area contributed by atoms with E-state index >= 15 is 0 Å². The zero-order valence-corrected chi connectivity index (χ0v) is 58.4. The van der Waals surface area contributed by atoms with Gasteiger partial charge in [-0.05, 0) is 171 Å². The van der Waals surface area contributed by atoms with Crippen molar-refractivity contribution < 1.29 is 19.1 Å². The molecule has 4 nitrogen and oxygen atoms in total. The molecule has 0 bridgehead atoms. The van der Waals surface area contributed by atoms with Crippen LogP contribution in [0, 0.1) is 17.8 Å². The summed E-state index contributed by atoms with van der Waals surface area (Å²) >= 11 is 0. The third-order valence-corrected chi connectivity index (χ3v) is 15.2. The largest absolute Gasteiger partial charge is 0.466 e. The Morgan fingerprint density at radius 3 is 0.951 bits per heavy atom. The van der Waals surface area contributed by atoms with Gasteiger partial charge in [-0.1, -0.05) is 285 Å². The van der Waals surface area contributed by atoms with Crippen molar-refractivity contribution in [3.8, 4) is 0 Å². The highest BCUT2D eigenvalue weighted by molar-refractivity contribution is 5.69. The van der Waals surface area contributed by atoms with Crippen molar-refractivity contribution in [1.29, 1.82) is 0 Å². The summed E-state index contributed by atoms with van der Waals surface area (Å²) in [6.07, 6.45) is 64.9. The summed E-state index contributed by atoms with van der Waals surface area (Å²) in [5, 5.41) is 0. The molecule has 0 aliphatic carbocycles. The van der Waals surface area contributed by atoms with Crippen LogP contribution in [0.25, 0.3) is 0 Å². The monoisotopic (exact) mass is 1140 g/mol. The van der Waals surface area contributed by atoms with Gasteiger partial charge >= 0.3 is 11.9 Å². The molecule has 478 valence electrons. The molecule has 0 saturated carbocycles. The van der Waals surface area contributed by atoms with Crippen LogP contribution >= 0.6 is 0 Å². The van der Waals surface area contributed by atoms with E-state index < -0.39 is 0 Å². The molecule has 0 saturated heterocycles. The van der Waals surface area contributed by atoms with Gasteiger partial charge in [0.15, 0.2) is 0 Å². The first-order valence-corrected chi connectivity index (χ1v) is 35.0. The summed E-state index contributed by atoms with van der Waals surface area (Å²) in [5.74, 6) is 2.72. The maximum absolute atomic E-state index is 11.3. The lowest BCUT2D eigenvalue weighted by atomic mass is 9.92. The van der Waals surface area contributed by atoms with Gasteiger partial charge in [0.25, 0.3) is 0 Å². The van der Waals surface area contributed by atoms with Gasteiger partial charge in [-0.15, -0.1) is 0 Å². The minimum Gasteiger partial charge on any atom is -0.466 e. The van der Waals surface area contributed by atoms with E-state index in [0.29, 0.717) is 19.4 Å². The first-order valence-electron chi connectivity index (χ1n) is 35.0. The fourth-order valence-electron chi connectivity index (χ4n) is 9.88. The molecular formula is C77H146O4. The smallest absolute Gasteiger partial charge is 0.306 e. The summed E-state index contributed by atoms with van der Waals surface area (Å²) in [5.41, 5.74) is 8.97. The molecule has 0 amide bonds. The molecule has 2 atom stereocenters. The number of esters is 2. The van der Waals surface area contributed by atoms with Crippen LogP contribution in [-0.2, 0) is 19.1 Å². The van der Waals surface area contributed by atoms with Crippen LogP contribution in [0.3, 0.4) is 0 Å². The van der Waals surface area contributed by atoms with Crippen LogP contribution in [0.5, 0.6) is 0 Å². The normalized spacial score (nSPS) is 12.6. The quantitative estimate of drug-likeness (QED) is 0.0346. The summed E-state index contributed by atoms with van der Waals surface area (Å²) in [6, 6.07) is 0. The zero-order valence-electron chi connectivity index (χ0n) is 58.4. The van der Waals surface area contributed by atoms with E-state index in [9.17, 15) is 9.59 Å². The molecule has 0 fully saturated rings. The lowest BCUT2D eigenvalue weighted by molar-refractivity contribution is -0.147. The van der Waals surface area contributed by atoms with Crippen molar-refractivity contribution in [1.82, 2.24) is 0 Å². The SMILES string of the molecule is CC(C)=CCC/C(C)=C/CC/C(C)=C/CC/C=C(\C)CC/C=C(\C)CCC=C(C)C.CCCC(C)CCCC(C)CCCC(C)C.CCCCCCCCCCCC(=O)OCC.CCCCCCCCCCCCCC(=O)OC(C)C. The van der Waals surface area contributed by atoms with Crippen molar-refractivity contribution in [2.45, 2.75) is 388 Å².